The fourth-order valence-corrected chi connectivity index (χ4v) is 1.94. The SMILES string of the molecule is Cn1cncc1C(=O)c1ccc2ncccc2c1. The van der Waals surface area contributed by atoms with E-state index in [1.807, 2.05) is 31.3 Å². The van der Waals surface area contributed by atoms with Gasteiger partial charge in [0.15, 0.2) is 0 Å². The quantitative estimate of drug-likeness (QED) is 0.642. The minimum Gasteiger partial charge on any atom is -0.331 e. The van der Waals surface area contributed by atoms with Gasteiger partial charge in [-0.25, -0.2) is 4.98 Å². The zero-order chi connectivity index (χ0) is 12.5. The molecule has 0 aliphatic rings. The van der Waals surface area contributed by atoms with Gasteiger partial charge in [0, 0.05) is 24.2 Å². The van der Waals surface area contributed by atoms with Crippen molar-refractivity contribution >= 4 is 16.7 Å². The number of imidazole rings is 1. The summed E-state index contributed by atoms with van der Waals surface area (Å²) in [6, 6.07) is 9.32. The molecule has 0 fully saturated rings. The number of aromatic nitrogens is 3. The van der Waals surface area contributed by atoms with Gasteiger partial charge < -0.3 is 4.57 Å². The summed E-state index contributed by atoms with van der Waals surface area (Å²) in [7, 11) is 1.81. The van der Waals surface area contributed by atoms with Gasteiger partial charge in [0.1, 0.15) is 5.69 Å². The van der Waals surface area contributed by atoms with Crippen molar-refractivity contribution in [3.8, 4) is 0 Å². The number of fused-ring (bicyclic) bond motifs is 1. The van der Waals surface area contributed by atoms with Crippen LogP contribution in [-0.2, 0) is 7.05 Å². The summed E-state index contributed by atoms with van der Waals surface area (Å²) in [5.41, 5.74) is 2.12. The van der Waals surface area contributed by atoms with E-state index in [-0.39, 0.29) is 5.78 Å². The second-order valence-corrected chi connectivity index (χ2v) is 4.13. The molecule has 0 saturated carbocycles. The molecule has 0 aliphatic carbocycles. The molecule has 0 amide bonds. The minimum atomic E-state index is -0.0271. The van der Waals surface area contributed by atoms with Crippen molar-refractivity contribution in [1.29, 1.82) is 0 Å². The molecule has 0 bridgehead atoms. The highest BCUT2D eigenvalue weighted by Crippen LogP contribution is 2.16. The van der Waals surface area contributed by atoms with Gasteiger partial charge in [-0.3, -0.25) is 9.78 Å². The predicted molar refractivity (Wildman–Crippen MR) is 68.4 cm³/mol. The van der Waals surface area contributed by atoms with E-state index in [9.17, 15) is 4.79 Å². The molecule has 4 nitrogen and oxygen atoms in total. The molecule has 3 rings (SSSR count). The molecule has 88 valence electrons. The van der Waals surface area contributed by atoms with Crippen LogP contribution in [-0.4, -0.2) is 20.3 Å². The summed E-state index contributed by atoms with van der Waals surface area (Å²) < 4.78 is 1.72. The van der Waals surface area contributed by atoms with Crippen molar-refractivity contribution in [2.75, 3.05) is 0 Å². The predicted octanol–water partition coefficient (Wildman–Crippen LogP) is 2.20. The minimum absolute atomic E-state index is 0.0271. The van der Waals surface area contributed by atoms with E-state index in [4.69, 9.17) is 0 Å². The Morgan fingerprint density at radius 3 is 2.94 bits per heavy atom. The average Bonchev–Trinajstić information content (AvgIpc) is 2.83. The van der Waals surface area contributed by atoms with Crippen LogP contribution >= 0.6 is 0 Å². The Bertz CT molecular complexity index is 730. The maximum atomic E-state index is 12.3. The highest BCUT2D eigenvalue weighted by atomic mass is 16.1. The maximum Gasteiger partial charge on any atom is 0.211 e. The Balaban J connectivity index is 2.10. The molecule has 2 aromatic heterocycles. The third-order valence-corrected chi connectivity index (χ3v) is 2.91. The first-order valence-electron chi connectivity index (χ1n) is 5.61. The third-order valence-electron chi connectivity index (χ3n) is 2.91. The molecule has 0 saturated heterocycles. The number of carbonyl (C=O) groups is 1. The van der Waals surface area contributed by atoms with Crippen molar-refractivity contribution in [3.05, 3.63) is 60.3 Å². The van der Waals surface area contributed by atoms with Crippen LogP contribution < -0.4 is 0 Å². The summed E-state index contributed by atoms with van der Waals surface area (Å²) in [5.74, 6) is -0.0271. The van der Waals surface area contributed by atoms with Crippen LogP contribution in [0.5, 0.6) is 0 Å². The summed E-state index contributed by atoms with van der Waals surface area (Å²) in [5, 5.41) is 0.963. The molecule has 0 atom stereocenters. The van der Waals surface area contributed by atoms with Crippen LogP contribution in [0, 0.1) is 0 Å². The zero-order valence-electron chi connectivity index (χ0n) is 9.87. The van der Waals surface area contributed by atoms with E-state index in [1.165, 1.54) is 0 Å². The van der Waals surface area contributed by atoms with Crippen LogP contribution in [0.4, 0.5) is 0 Å². The van der Waals surface area contributed by atoms with Crippen LogP contribution in [0.25, 0.3) is 10.9 Å². The lowest BCUT2D eigenvalue weighted by Gasteiger charge is -2.03. The fraction of sp³-hybridized carbons (Fsp3) is 0.0714. The molecule has 0 unspecified atom stereocenters. The number of aryl methyl sites for hydroxylation is 1. The van der Waals surface area contributed by atoms with Crippen molar-refractivity contribution in [2.24, 2.45) is 7.05 Å². The molecule has 2 heterocycles. The highest BCUT2D eigenvalue weighted by Gasteiger charge is 2.12. The van der Waals surface area contributed by atoms with Gasteiger partial charge in [0.2, 0.25) is 5.78 Å². The van der Waals surface area contributed by atoms with Crippen LogP contribution in [0.3, 0.4) is 0 Å². The first-order valence-corrected chi connectivity index (χ1v) is 5.61. The van der Waals surface area contributed by atoms with Crippen LogP contribution in [0.15, 0.2) is 49.1 Å². The van der Waals surface area contributed by atoms with Gasteiger partial charge in [0.25, 0.3) is 0 Å². The van der Waals surface area contributed by atoms with Crippen LogP contribution in [0.2, 0.25) is 0 Å². The van der Waals surface area contributed by atoms with Gasteiger partial charge in [0.05, 0.1) is 18.0 Å². The normalized spacial score (nSPS) is 10.7. The number of pyridine rings is 1. The smallest absolute Gasteiger partial charge is 0.211 e. The van der Waals surface area contributed by atoms with Crippen LogP contribution in [0.1, 0.15) is 16.1 Å². The fourth-order valence-electron chi connectivity index (χ4n) is 1.94. The van der Waals surface area contributed by atoms with Crippen molar-refractivity contribution in [3.63, 3.8) is 0 Å². The van der Waals surface area contributed by atoms with Gasteiger partial charge in [-0.2, -0.15) is 0 Å². The standard InChI is InChI=1S/C14H11N3O/c1-17-9-15-8-13(17)14(18)11-4-5-12-10(7-11)3-2-6-16-12/h2-9H,1H3. The molecule has 0 spiro atoms. The van der Waals surface area contributed by atoms with E-state index in [0.717, 1.165) is 10.9 Å². The number of carbonyl (C=O) groups excluding carboxylic acids is 1. The van der Waals surface area contributed by atoms with Gasteiger partial charge in [-0.05, 0) is 24.3 Å². The van der Waals surface area contributed by atoms with E-state index in [2.05, 4.69) is 9.97 Å². The molecule has 3 aromatic rings. The van der Waals surface area contributed by atoms with Crippen molar-refractivity contribution in [2.45, 2.75) is 0 Å². The van der Waals surface area contributed by atoms with E-state index < -0.39 is 0 Å². The summed E-state index contributed by atoms with van der Waals surface area (Å²) in [6.07, 6.45) is 4.94. The van der Waals surface area contributed by atoms with E-state index in [0.29, 0.717) is 11.3 Å². The molecule has 0 radical (unpaired) electrons. The Morgan fingerprint density at radius 1 is 1.28 bits per heavy atom. The molecule has 0 aliphatic heterocycles. The summed E-state index contributed by atoms with van der Waals surface area (Å²) in [4.78, 5) is 20.5. The largest absolute Gasteiger partial charge is 0.331 e. The lowest BCUT2D eigenvalue weighted by Crippen LogP contribution is -2.06. The topological polar surface area (TPSA) is 47.8 Å². The number of hydrogen-bond donors (Lipinski definition) is 0. The molecule has 0 N–H and O–H groups in total. The Kier molecular flexibility index (Phi) is 2.41. The summed E-state index contributed by atoms with van der Waals surface area (Å²) in [6.45, 7) is 0. The molecule has 1 aromatic carbocycles. The number of nitrogens with zero attached hydrogens (tertiary/aromatic N) is 3. The van der Waals surface area contributed by atoms with E-state index >= 15 is 0 Å². The second-order valence-electron chi connectivity index (χ2n) is 4.13. The molecular formula is C14H11N3O. The van der Waals surface area contributed by atoms with Gasteiger partial charge in [-0.15, -0.1) is 0 Å². The molecule has 18 heavy (non-hydrogen) atoms. The third kappa shape index (κ3) is 1.68. The van der Waals surface area contributed by atoms with Gasteiger partial charge in [-0.1, -0.05) is 6.07 Å². The Labute approximate surface area is 104 Å². The second kappa shape index (κ2) is 4.07. The summed E-state index contributed by atoms with van der Waals surface area (Å²) >= 11 is 0. The number of benzene rings is 1. The monoisotopic (exact) mass is 237 g/mol. The lowest BCUT2D eigenvalue weighted by atomic mass is 10.1. The number of rotatable bonds is 2. The van der Waals surface area contributed by atoms with E-state index in [1.54, 1.807) is 29.4 Å². The zero-order valence-corrected chi connectivity index (χ0v) is 9.87. The lowest BCUT2D eigenvalue weighted by molar-refractivity contribution is 0.103. The highest BCUT2D eigenvalue weighted by molar-refractivity contribution is 6.09. The molecular weight excluding hydrogens is 226 g/mol. The Hall–Kier alpha value is -2.49. The average molecular weight is 237 g/mol. The van der Waals surface area contributed by atoms with Crippen molar-refractivity contribution in [1.82, 2.24) is 14.5 Å². The molecule has 4 heteroatoms. The van der Waals surface area contributed by atoms with Crippen molar-refractivity contribution < 1.29 is 4.79 Å². The first-order chi connectivity index (χ1) is 8.75. The Morgan fingerprint density at radius 2 is 2.17 bits per heavy atom. The maximum absolute atomic E-state index is 12.3. The first kappa shape index (κ1) is 10.7. The van der Waals surface area contributed by atoms with Gasteiger partial charge >= 0.3 is 0 Å². The number of hydrogen-bond acceptors (Lipinski definition) is 3. The number of ketones is 1.